The number of ether oxygens (including phenoxy) is 2. The topological polar surface area (TPSA) is 52.6 Å². The summed E-state index contributed by atoms with van der Waals surface area (Å²) in [6.45, 7) is 4.42. The molecule has 1 aromatic rings. The molecule has 4 heteroatoms. The van der Waals surface area contributed by atoms with Crippen molar-refractivity contribution in [2.24, 2.45) is 0 Å². The van der Waals surface area contributed by atoms with E-state index in [2.05, 4.69) is 6.92 Å². The summed E-state index contributed by atoms with van der Waals surface area (Å²) in [6.07, 6.45) is 3.77. The van der Waals surface area contributed by atoms with Crippen LogP contribution in [0.25, 0.3) is 0 Å². The summed E-state index contributed by atoms with van der Waals surface area (Å²) in [5.74, 6) is -0.518. The largest absolute Gasteiger partial charge is 0.466 e. The summed E-state index contributed by atoms with van der Waals surface area (Å²) < 4.78 is 10.4. The van der Waals surface area contributed by atoms with Crippen LogP contribution in [0.4, 0.5) is 0 Å². The van der Waals surface area contributed by atoms with E-state index in [4.69, 9.17) is 9.47 Å². The Kier molecular flexibility index (Phi) is 8.96. The molecule has 0 aliphatic rings. The van der Waals surface area contributed by atoms with Crippen molar-refractivity contribution in [1.82, 2.24) is 0 Å². The van der Waals surface area contributed by atoms with E-state index in [0.29, 0.717) is 13.0 Å². The van der Waals surface area contributed by atoms with Crippen molar-refractivity contribution in [2.45, 2.75) is 58.5 Å². The average Bonchev–Trinajstić information content (AvgIpc) is 2.52. The highest BCUT2D eigenvalue weighted by molar-refractivity contribution is 5.72. The van der Waals surface area contributed by atoms with Crippen LogP contribution in [0.1, 0.15) is 64.0 Å². The van der Waals surface area contributed by atoms with Gasteiger partial charge in [0.15, 0.2) is 0 Å². The standard InChI is InChI=1S/C18H26O4/c1-3-4-8-14-21-17(19)12-9-13-18(20)22-15(2)16-10-6-5-7-11-16/h5-7,10-11,15H,3-4,8-9,12-14H2,1-2H3. The SMILES string of the molecule is CCCCCOC(=O)CCCC(=O)OC(C)c1ccccc1. The minimum atomic E-state index is -0.282. The predicted molar refractivity (Wildman–Crippen MR) is 85.3 cm³/mol. The zero-order chi connectivity index (χ0) is 16.2. The minimum Gasteiger partial charge on any atom is -0.466 e. The number of hydrogen-bond donors (Lipinski definition) is 0. The molecule has 1 rings (SSSR count). The Morgan fingerprint density at radius 1 is 1.00 bits per heavy atom. The summed E-state index contributed by atoms with van der Waals surface area (Å²) >= 11 is 0. The first kappa shape index (κ1) is 18.2. The van der Waals surface area contributed by atoms with E-state index in [-0.39, 0.29) is 30.9 Å². The Hall–Kier alpha value is -1.84. The second kappa shape index (κ2) is 10.8. The molecular weight excluding hydrogens is 280 g/mol. The number of carbonyl (C=O) groups is 2. The number of unbranched alkanes of at least 4 members (excludes halogenated alkanes) is 2. The monoisotopic (exact) mass is 306 g/mol. The van der Waals surface area contributed by atoms with Gasteiger partial charge in [0.25, 0.3) is 0 Å². The molecule has 0 aromatic heterocycles. The van der Waals surface area contributed by atoms with Crippen molar-refractivity contribution < 1.29 is 19.1 Å². The van der Waals surface area contributed by atoms with Gasteiger partial charge in [0.2, 0.25) is 0 Å². The maximum absolute atomic E-state index is 11.7. The Balaban J connectivity index is 2.14. The van der Waals surface area contributed by atoms with Gasteiger partial charge in [-0.3, -0.25) is 9.59 Å². The maximum atomic E-state index is 11.7. The smallest absolute Gasteiger partial charge is 0.306 e. The van der Waals surface area contributed by atoms with Gasteiger partial charge in [0.05, 0.1) is 6.61 Å². The van der Waals surface area contributed by atoms with Crippen LogP contribution >= 0.6 is 0 Å². The summed E-state index contributed by atoms with van der Waals surface area (Å²) in [5, 5.41) is 0. The molecule has 0 spiro atoms. The van der Waals surface area contributed by atoms with Gasteiger partial charge in [0, 0.05) is 12.8 Å². The van der Waals surface area contributed by atoms with E-state index in [9.17, 15) is 9.59 Å². The molecule has 0 saturated heterocycles. The summed E-state index contributed by atoms with van der Waals surface area (Å²) in [6, 6.07) is 9.59. The maximum Gasteiger partial charge on any atom is 0.306 e. The van der Waals surface area contributed by atoms with Crippen LogP contribution in [-0.4, -0.2) is 18.5 Å². The predicted octanol–water partition coefficient (Wildman–Crippen LogP) is 4.19. The highest BCUT2D eigenvalue weighted by Gasteiger charge is 2.12. The fourth-order valence-electron chi connectivity index (χ4n) is 2.04. The van der Waals surface area contributed by atoms with E-state index in [1.807, 2.05) is 37.3 Å². The number of rotatable bonds is 10. The molecule has 0 fully saturated rings. The third kappa shape index (κ3) is 7.81. The van der Waals surface area contributed by atoms with Crippen molar-refractivity contribution >= 4 is 11.9 Å². The van der Waals surface area contributed by atoms with E-state index >= 15 is 0 Å². The lowest BCUT2D eigenvalue weighted by atomic mass is 10.1. The van der Waals surface area contributed by atoms with Crippen molar-refractivity contribution in [1.29, 1.82) is 0 Å². The van der Waals surface area contributed by atoms with Gasteiger partial charge < -0.3 is 9.47 Å². The highest BCUT2D eigenvalue weighted by Crippen LogP contribution is 2.17. The molecule has 0 aliphatic carbocycles. The number of esters is 2. The molecule has 22 heavy (non-hydrogen) atoms. The van der Waals surface area contributed by atoms with E-state index in [1.165, 1.54) is 0 Å². The molecule has 0 saturated carbocycles. The molecule has 1 atom stereocenters. The Bertz CT molecular complexity index is 442. The fourth-order valence-corrected chi connectivity index (χ4v) is 2.04. The molecule has 0 bridgehead atoms. The molecule has 4 nitrogen and oxygen atoms in total. The van der Waals surface area contributed by atoms with Crippen LogP contribution in [0.5, 0.6) is 0 Å². The normalized spacial score (nSPS) is 11.7. The molecule has 0 amide bonds. The molecule has 0 N–H and O–H groups in total. The van der Waals surface area contributed by atoms with Crippen molar-refractivity contribution in [3.05, 3.63) is 35.9 Å². The lowest BCUT2D eigenvalue weighted by Crippen LogP contribution is -2.10. The van der Waals surface area contributed by atoms with Crippen LogP contribution in [0.15, 0.2) is 30.3 Å². The molecule has 122 valence electrons. The fraction of sp³-hybridized carbons (Fsp3) is 0.556. The Morgan fingerprint density at radius 2 is 1.68 bits per heavy atom. The first-order valence-electron chi connectivity index (χ1n) is 8.03. The van der Waals surface area contributed by atoms with Crippen molar-refractivity contribution in [3.63, 3.8) is 0 Å². The third-order valence-electron chi connectivity index (χ3n) is 3.35. The zero-order valence-corrected chi connectivity index (χ0v) is 13.5. The van der Waals surface area contributed by atoms with Gasteiger partial charge in [-0.1, -0.05) is 50.1 Å². The second-order valence-electron chi connectivity index (χ2n) is 5.32. The van der Waals surface area contributed by atoms with Crippen LogP contribution in [-0.2, 0) is 19.1 Å². The van der Waals surface area contributed by atoms with Crippen LogP contribution in [0.2, 0.25) is 0 Å². The van der Waals surface area contributed by atoms with Crippen LogP contribution < -0.4 is 0 Å². The average molecular weight is 306 g/mol. The lowest BCUT2D eigenvalue weighted by molar-refractivity contribution is -0.149. The van der Waals surface area contributed by atoms with Gasteiger partial charge in [-0.25, -0.2) is 0 Å². The molecule has 0 heterocycles. The Labute approximate surface area is 132 Å². The molecule has 1 aromatic carbocycles. The molecule has 1 unspecified atom stereocenters. The van der Waals surface area contributed by atoms with Crippen molar-refractivity contribution in [3.8, 4) is 0 Å². The van der Waals surface area contributed by atoms with Crippen LogP contribution in [0, 0.1) is 0 Å². The lowest BCUT2D eigenvalue weighted by Gasteiger charge is -2.13. The second-order valence-corrected chi connectivity index (χ2v) is 5.32. The first-order valence-corrected chi connectivity index (χ1v) is 8.03. The van der Waals surface area contributed by atoms with E-state index in [0.717, 1.165) is 24.8 Å². The summed E-state index contributed by atoms with van der Waals surface area (Å²) in [5.41, 5.74) is 0.964. The summed E-state index contributed by atoms with van der Waals surface area (Å²) in [7, 11) is 0. The van der Waals surface area contributed by atoms with Gasteiger partial charge in [0.1, 0.15) is 6.10 Å². The third-order valence-corrected chi connectivity index (χ3v) is 3.35. The summed E-state index contributed by atoms with van der Waals surface area (Å²) in [4.78, 5) is 23.2. The highest BCUT2D eigenvalue weighted by atomic mass is 16.5. The van der Waals surface area contributed by atoms with E-state index in [1.54, 1.807) is 0 Å². The molecule has 0 aliphatic heterocycles. The van der Waals surface area contributed by atoms with Crippen LogP contribution in [0.3, 0.4) is 0 Å². The minimum absolute atomic E-state index is 0.236. The first-order chi connectivity index (χ1) is 10.6. The quantitative estimate of drug-likeness (QED) is 0.480. The number of carbonyl (C=O) groups excluding carboxylic acids is 2. The molecular formula is C18H26O4. The Morgan fingerprint density at radius 3 is 2.36 bits per heavy atom. The van der Waals surface area contributed by atoms with Gasteiger partial charge in [-0.15, -0.1) is 0 Å². The number of benzene rings is 1. The van der Waals surface area contributed by atoms with E-state index < -0.39 is 0 Å². The van der Waals surface area contributed by atoms with Gasteiger partial charge in [-0.2, -0.15) is 0 Å². The molecule has 0 radical (unpaired) electrons. The van der Waals surface area contributed by atoms with Crippen molar-refractivity contribution in [2.75, 3.05) is 6.61 Å². The van der Waals surface area contributed by atoms with Gasteiger partial charge >= 0.3 is 11.9 Å². The van der Waals surface area contributed by atoms with Gasteiger partial charge in [-0.05, 0) is 25.3 Å². The number of hydrogen-bond acceptors (Lipinski definition) is 4. The zero-order valence-electron chi connectivity index (χ0n) is 13.5.